The lowest BCUT2D eigenvalue weighted by atomic mass is 9.85. The van der Waals surface area contributed by atoms with E-state index in [1.54, 1.807) is 12.4 Å². The van der Waals surface area contributed by atoms with Crippen LogP contribution in [-0.4, -0.2) is 72.4 Å². The lowest BCUT2D eigenvalue weighted by Gasteiger charge is -2.34. The van der Waals surface area contributed by atoms with Crippen molar-refractivity contribution in [1.82, 2.24) is 25.2 Å². The average molecular weight is 679 g/mol. The number of pyridine rings is 1. The Hall–Kier alpha value is -3.84. The van der Waals surface area contributed by atoms with E-state index in [0.29, 0.717) is 5.69 Å². The molecule has 2 amide bonds. The smallest absolute Gasteiger partial charge is 0.243 e. The lowest BCUT2D eigenvalue weighted by molar-refractivity contribution is -0.132. The maximum atomic E-state index is 14.0. The van der Waals surface area contributed by atoms with Crippen molar-refractivity contribution >= 4 is 27.5 Å². The zero-order chi connectivity index (χ0) is 35.1. The molecule has 6 N–H and O–H groups in total. The number of nitrogens with two attached hydrogens (primary N) is 1. The molecule has 1 aliphatic carbocycles. The molecule has 0 saturated heterocycles. The average Bonchev–Trinajstić information content (AvgIpc) is 3.83. The molecule has 0 bridgehead atoms. The van der Waals surface area contributed by atoms with Crippen molar-refractivity contribution < 1.29 is 23.1 Å². The standard InChI is InChI=1S/C36H50N6O5S/c1-25(2)23-42(48(46,47)29-15-13-28(37)14-16-29)24-31(43)30(20-26-10-7-6-8-11-26)40-34(45)33(35(3,4)5)41-32(44)22-39-36(17-18-36)27-12-9-19-38-21-27/h6-16,19,21,25,30-31,33,39,43H,17-18,20,22-24,37H2,1-5H3,(H,40,45)(H,41,44). The summed E-state index contributed by atoms with van der Waals surface area (Å²) < 4.78 is 28.7. The predicted octanol–water partition coefficient (Wildman–Crippen LogP) is 3.21. The molecule has 12 heteroatoms. The number of aromatic nitrogens is 1. The summed E-state index contributed by atoms with van der Waals surface area (Å²) in [6.45, 7) is 9.28. The molecule has 1 aromatic heterocycles. The SMILES string of the molecule is CC(C)CN(CC(O)C(Cc1ccccc1)NC(=O)C(NC(=O)CNC1(c2cccnc2)CC1)C(C)(C)C)S(=O)(=O)c1ccc(N)cc1. The number of benzene rings is 2. The molecule has 1 fully saturated rings. The number of hydrogen-bond donors (Lipinski definition) is 5. The van der Waals surface area contributed by atoms with E-state index in [9.17, 15) is 23.1 Å². The van der Waals surface area contributed by atoms with Crippen molar-refractivity contribution in [3.63, 3.8) is 0 Å². The van der Waals surface area contributed by atoms with Gasteiger partial charge >= 0.3 is 0 Å². The molecular formula is C36H50N6O5S. The number of hydrogen-bond acceptors (Lipinski definition) is 8. The molecule has 3 unspecified atom stereocenters. The molecule has 0 aliphatic heterocycles. The topological polar surface area (TPSA) is 167 Å². The van der Waals surface area contributed by atoms with Crippen LogP contribution in [0.3, 0.4) is 0 Å². The van der Waals surface area contributed by atoms with Gasteiger partial charge in [-0.05, 0) is 72.1 Å². The Morgan fingerprint density at radius 1 is 0.979 bits per heavy atom. The van der Waals surface area contributed by atoms with Crippen molar-refractivity contribution in [2.75, 3.05) is 25.4 Å². The van der Waals surface area contributed by atoms with Gasteiger partial charge in [0.05, 0.1) is 23.6 Å². The molecule has 0 radical (unpaired) electrons. The minimum Gasteiger partial charge on any atom is -0.399 e. The minimum atomic E-state index is -3.99. The second kappa shape index (κ2) is 15.6. The zero-order valence-electron chi connectivity index (χ0n) is 28.5. The van der Waals surface area contributed by atoms with Crippen molar-refractivity contribution in [3.05, 3.63) is 90.3 Å². The molecule has 0 spiro atoms. The predicted molar refractivity (Wildman–Crippen MR) is 187 cm³/mol. The molecule has 48 heavy (non-hydrogen) atoms. The maximum absolute atomic E-state index is 14.0. The van der Waals surface area contributed by atoms with Crippen molar-refractivity contribution in [3.8, 4) is 0 Å². The highest BCUT2D eigenvalue weighted by Gasteiger charge is 2.45. The van der Waals surface area contributed by atoms with Crippen LogP contribution in [0.1, 0.15) is 58.6 Å². The van der Waals surface area contributed by atoms with E-state index in [2.05, 4.69) is 20.9 Å². The van der Waals surface area contributed by atoms with Gasteiger partial charge in [0.25, 0.3) is 0 Å². The van der Waals surface area contributed by atoms with Crippen molar-refractivity contribution in [1.29, 1.82) is 0 Å². The number of nitrogens with zero attached hydrogens (tertiary/aromatic N) is 2. The van der Waals surface area contributed by atoms with Crippen molar-refractivity contribution in [2.24, 2.45) is 11.3 Å². The Balaban J connectivity index is 1.52. The number of rotatable bonds is 16. The number of carbonyl (C=O) groups is 2. The minimum absolute atomic E-state index is 0.0119. The van der Waals surface area contributed by atoms with Gasteiger partial charge in [-0.25, -0.2) is 8.42 Å². The monoisotopic (exact) mass is 678 g/mol. The van der Waals surface area contributed by atoms with E-state index in [4.69, 9.17) is 5.73 Å². The van der Waals surface area contributed by atoms with E-state index in [-0.39, 0.29) is 48.3 Å². The molecule has 260 valence electrons. The third kappa shape index (κ3) is 9.85. The van der Waals surface area contributed by atoms with Gasteiger partial charge < -0.3 is 21.5 Å². The third-order valence-corrected chi connectivity index (χ3v) is 10.4. The Kier molecular flexibility index (Phi) is 12.0. The number of nitrogens with one attached hydrogen (secondary N) is 3. The maximum Gasteiger partial charge on any atom is 0.243 e. The van der Waals surface area contributed by atoms with Crippen LogP contribution in [0.25, 0.3) is 0 Å². The van der Waals surface area contributed by atoms with Gasteiger partial charge in [-0.15, -0.1) is 0 Å². The van der Waals surface area contributed by atoms with Gasteiger partial charge in [0.15, 0.2) is 0 Å². The van der Waals surface area contributed by atoms with Crippen LogP contribution < -0.4 is 21.7 Å². The molecular weight excluding hydrogens is 629 g/mol. The molecule has 1 saturated carbocycles. The van der Waals surface area contributed by atoms with Crippen LogP contribution >= 0.6 is 0 Å². The van der Waals surface area contributed by atoms with E-state index < -0.39 is 39.5 Å². The Morgan fingerprint density at radius 2 is 1.65 bits per heavy atom. The Labute approximate surface area is 284 Å². The van der Waals surface area contributed by atoms with Gasteiger partial charge in [0.2, 0.25) is 21.8 Å². The van der Waals surface area contributed by atoms with E-state index in [1.165, 1.54) is 28.6 Å². The van der Waals surface area contributed by atoms with Crippen LogP contribution in [0.15, 0.2) is 84.0 Å². The van der Waals surface area contributed by atoms with Gasteiger partial charge in [-0.2, -0.15) is 4.31 Å². The van der Waals surface area contributed by atoms with Gasteiger partial charge in [0.1, 0.15) is 6.04 Å². The third-order valence-electron chi connectivity index (χ3n) is 8.55. The summed E-state index contributed by atoms with van der Waals surface area (Å²) in [6.07, 6.45) is 4.24. The van der Waals surface area contributed by atoms with Crippen LogP contribution in [0.5, 0.6) is 0 Å². The summed E-state index contributed by atoms with van der Waals surface area (Å²) >= 11 is 0. The fourth-order valence-electron chi connectivity index (χ4n) is 5.70. The van der Waals surface area contributed by atoms with Crippen LogP contribution in [-0.2, 0) is 31.6 Å². The summed E-state index contributed by atoms with van der Waals surface area (Å²) in [5, 5.41) is 20.9. The van der Waals surface area contributed by atoms with Gasteiger partial charge in [0, 0.05) is 36.7 Å². The Bertz CT molecular complexity index is 1610. The number of sulfonamides is 1. The number of carbonyl (C=O) groups excluding carboxylic acids is 2. The van der Waals surface area contributed by atoms with E-state index >= 15 is 0 Å². The number of anilines is 1. The first-order valence-corrected chi connectivity index (χ1v) is 17.9. The summed E-state index contributed by atoms with van der Waals surface area (Å²) in [4.78, 5) is 31.5. The number of amides is 2. The van der Waals surface area contributed by atoms with Crippen LogP contribution in [0, 0.1) is 11.3 Å². The molecule has 11 nitrogen and oxygen atoms in total. The van der Waals surface area contributed by atoms with Crippen LogP contribution in [0.4, 0.5) is 5.69 Å². The fourth-order valence-corrected chi connectivity index (χ4v) is 7.32. The van der Waals surface area contributed by atoms with E-state index in [0.717, 1.165) is 24.0 Å². The summed E-state index contributed by atoms with van der Waals surface area (Å²) in [7, 11) is -3.99. The summed E-state index contributed by atoms with van der Waals surface area (Å²) in [5.74, 6) is -0.843. The lowest BCUT2D eigenvalue weighted by Crippen LogP contribution is -2.59. The molecule has 1 heterocycles. The molecule has 2 aromatic carbocycles. The van der Waals surface area contributed by atoms with Crippen molar-refractivity contribution in [2.45, 2.75) is 82.5 Å². The van der Waals surface area contributed by atoms with Crippen LogP contribution in [0.2, 0.25) is 0 Å². The fraction of sp³-hybridized carbons (Fsp3) is 0.472. The summed E-state index contributed by atoms with van der Waals surface area (Å²) in [6, 6.07) is 17.3. The molecule has 4 rings (SSSR count). The highest BCUT2D eigenvalue weighted by atomic mass is 32.2. The highest BCUT2D eigenvalue weighted by Crippen LogP contribution is 2.44. The first-order valence-electron chi connectivity index (χ1n) is 16.4. The first kappa shape index (κ1) is 37.0. The largest absolute Gasteiger partial charge is 0.399 e. The summed E-state index contributed by atoms with van der Waals surface area (Å²) in [5.41, 5.74) is 7.12. The normalized spacial score (nSPS) is 16.2. The Morgan fingerprint density at radius 3 is 2.21 bits per heavy atom. The van der Waals surface area contributed by atoms with Gasteiger partial charge in [-0.1, -0.05) is 71.0 Å². The number of nitrogen functional groups attached to an aromatic ring is 1. The second-order valence-electron chi connectivity index (χ2n) is 14.2. The highest BCUT2D eigenvalue weighted by molar-refractivity contribution is 7.89. The number of aliphatic hydroxyl groups is 1. The van der Waals surface area contributed by atoms with Gasteiger partial charge in [-0.3, -0.25) is 19.9 Å². The number of aliphatic hydroxyl groups excluding tert-OH is 1. The second-order valence-corrected chi connectivity index (χ2v) is 16.1. The first-order chi connectivity index (χ1) is 22.6. The molecule has 3 atom stereocenters. The van der Waals surface area contributed by atoms with E-state index in [1.807, 2.05) is 77.1 Å². The molecule has 1 aliphatic rings. The molecule has 3 aromatic rings. The quantitative estimate of drug-likeness (QED) is 0.144. The zero-order valence-corrected chi connectivity index (χ0v) is 29.3.